The fourth-order valence-electron chi connectivity index (χ4n) is 3.01. The molecular weight excluding hydrogens is 274 g/mol. The Hall–Kier alpha value is -2.14. The van der Waals surface area contributed by atoms with E-state index < -0.39 is 0 Å². The van der Waals surface area contributed by atoms with E-state index in [2.05, 4.69) is 39.1 Å². The SMILES string of the molecule is Nc1cc(N)nc(Cc2cccc(CN3CCCCC3)c2)n1. The molecule has 5 nitrogen and oxygen atoms in total. The second kappa shape index (κ2) is 6.75. The molecule has 22 heavy (non-hydrogen) atoms. The van der Waals surface area contributed by atoms with Crippen molar-refractivity contribution in [2.75, 3.05) is 24.6 Å². The molecule has 0 aliphatic carbocycles. The zero-order valence-corrected chi connectivity index (χ0v) is 12.8. The maximum Gasteiger partial charge on any atom is 0.137 e. The van der Waals surface area contributed by atoms with Crippen molar-refractivity contribution in [3.8, 4) is 0 Å². The minimum Gasteiger partial charge on any atom is -0.384 e. The molecule has 0 amide bonds. The first-order valence-corrected chi connectivity index (χ1v) is 7.88. The summed E-state index contributed by atoms with van der Waals surface area (Å²) in [4.78, 5) is 11.0. The van der Waals surface area contributed by atoms with Crippen molar-refractivity contribution >= 4 is 11.6 Å². The van der Waals surface area contributed by atoms with Gasteiger partial charge in [0.05, 0.1) is 0 Å². The Labute approximate surface area is 131 Å². The Bertz CT molecular complexity index is 614. The van der Waals surface area contributed by atoms with E-state index in [-0.39, 0.29) is 0 Å². The number of likely N-dealkylation sites (tertiary alicyclic amines) is 1. The van der Waals surface area contributed by atoms with Crippen LogP contribution in [0.2, 0.25) is 0 Å². The number of nitrogen functional groups attached to an aromatic ring is 2. The van der Waals surface area contributed by atoms with E-state index in [4.69, 9.17) is 11.5 Å². The molecule has 1 aromatic carbocycles. The van der Waals surface area contributed by atoms with Gasteiger partial charge in [0.1, 0.15) is 17.5 Å². The normalized spacial score (nSPS) is 15.8. The Balaban J connectivity index is 1.70. The first-order chi connectivity index (χ1) is 10.7. The van der Waals surface area contributed by atoms with E-state index in [0.29, 0.717) is 23.9 Å². The summed E-state index contributed by atoms with van der Waals surface area (Å²) in [5.41, 5.74) is 14.0. The highest BCUT2D eigenvalue weighted by atomic mass is 15.1. The molecule has 2 heterocycles. The van der Waals surface area contributed by atoms with Crippen molar-refractivity contribution in [1.82, 2.24) is 14.9 Å². The van der Waals surface area contributed by atoms with Crippen molar-refractivity contribution in [3.05, 3.63) is 47.3 Å². The third-order valence-corrected chi connectivity index (χ3v) is 4.02. The Morgan fingerprint density at radius 1 is 0.909 bits per heavy atom. The van der Waals surface area contributed by atoms with Crippen LogP contribution in [0.25, 0.3) is 0 Å². The quantitative estimate of drug-likeness (QED) is 0.904. The van der Waals surface area contributed by atoms with Crippen molar-refractivity contribution in [2.45, 2.75) is 32.2 Å². The Morgan fingerprint density at radius 2 is 1.59 bits per heavy atom. The van der Waals surface area contributed by atoms with Gasteiger partial charge in [-0.2, -0.15) is 0 Å². The van der Waals surface area contributed by atoms with Gasteiger partial charge in [0.15, 0.2) is 0 Å². The van der Waals surface area contributed by atoms with E-state index in [1.54, 1.807) is 6.07 Å². The van der Waals surface area contributed by atoms with Crippen LogP contribution in [0.5, 0.6) is 0 Å². The van der Waals surface area contributed by atoms with Gasteiger partial charge in [-0.1, -0.05) is 30.7 Å². The number of anilines is 2. The van der Waals surface area contributed by atoms with Crippen LogP contribution in [0.1, 0.15) is 36.2 Å². The lowest BCUT2D eigenvalue weighted by atomic mass is 10.1. The number of nitrogens with zero attached hydrogens (tertiary/aromatic N) is 3. The lowest BCUT2D eigenvalue weighted by Crippen LogP contribution is -2.29. The van der Waals surface area contributed by atoms with Crippen LogP contribution < -0.4 is 11.5 Å². The molecule has 0 bridgehead atoms. The lowest BCUT2D eigenvalue weighted by molar-refractivity contribution is 0.221. The van der Waals surface area contributed by atoms with Crippen LogP contribution in [-0.4, -0.2) is 28.0 Å². The zero-order valence-electron chi connectivity index (χ0n) is 12.8. The molecule has 1 fully saturated rings. The molecule has 0 spiro atoms. The fraction of sp³-hybridized carbons (Fsp3) is 0.412. The van der Waals surface area contributed by atoms with Gasteiger partial charge in [-0.05, 0) is 37.1 Å². The number of hydrogen-bond acceptors (Lipinski definition) is 5. The van der Waals surface area contributed by atoms with Gasteiger partial charge in [0.2, 0.25) is 0 Å². The van der Waals surface area contributed by atoms with Crippen molar-refractivity contribution < 1.29 is 0 Å². The Kier molecular flexibility index (Phi) is 4.53. The number of nitrogens with two attached hydrogens (primary N) is 2. The van der Waals surface area contributed by atoms with Crippen molar-refractivity contribution in [3.63, 3.8) is 0 Å². The lowest BCUT2D eigenvalue weighted by Gasteiger charge is -2.26. The monoisotopic (exact) mass is 297 g/mol. The van der Waals surface area contributed by atoms with Crippen LogP contribution >= 0.6 is 0 Å². The summed E-state index contributed by atoms with van der Waals surface area (Å²) in [6.07, 6.45) is 4.65. The zero-order chi connectivity index (χ0) is 15.4. The third kappa shape index (κ3) is 3.95. The van der Waals surface area contributed by atoms with Gasteiger partial charge in [-0.25, -0.2) is 9.97 Å². The second-order valence-electron chi connectivity index (χ2n) is 5.97. The van der Waals surface area contributed by atoms with Gasteiger partial charge < -0.3 is 11.5 Å². The van der Waals surface area contributed by atoms with Crippen molar-refractivity contribution in [1.29, 1.82) is 0 Å². The maximum absolute atomic E-state index is 5.73. The molecule has 1 aromatic heterocycles. The minimum absolute atomic E-state index is 0.423. The standard InChI is InChI=1S/C17H23N5/c18-15-11-16(19)21-17(20-15)10-13-5-4-6-14(9-13)12-22-7-2-1-3-8-22/h4-6,9,11H,1-3,7-8,10,12H2,(H4,18,19,20,21). The van der Waals surface area contributed by atoms with E-state index in [9.17, 15) is 0 Å². The molecule has 2 aromatic rings. The average Bonchev–Trinajstić information content (AvgIpc) is 2.47. The largest absolute Gasteiger partial charge is 0.384 e. The average molecular weight is 297 g/mol. The molecule has 3 rings (SSSR count). The van der Waals surface area contributed by atoms with Crippen LogP contribution in [0.15, 0.2) is 30.3 Å². The highest BCUT2D eigenvalue weighted by molar-refractivity contribution is 5.41. The molecule has 1 saturated heterocycles. The molecule has 116 valence electrons. The summed E-state index contributed by atoms with van der Waals surface area (Å²) < 4.78 is 0. The first-order valence-electron chi connectivity index (χ1n) is 7.88. The molecule has 1 aliphatic rings. The molecule has 0 radical (unpaired) electrons. The number of aromatic nitrogens is 2. The topological polar surface area (TPSA) is 81.1 Å². The first kappa shape index (κ1) is 14.8. The molecule has 5 heteroatoms. The smallest absolute Gasteiger partial charge is 0.137 e. The minimum atomic E-state index is 0.423. The predicted molar refractivity (Wildman–Crippen MR) is 89.2 cm³/mol. The highest BCUT2D eigenvalue weighted by Crippen LogP contribution is 2.16. The third-order valence-electron chi connectivity index (χ3n) is 4.02. The summed E-state index contributed by atoms with van der Waals surface area (Å²) in [6, 6.07) is 10.2. The predicted octanol–water partition coefficient (Wildman–Crippen LogP) is 2.22. The van der Waals surface area contributed by atoms with Crippen LogP contribution in [0.4, 0.5) is 11.6 Å². The molecule has 0 saturated carbocycles. The fourth-order valence-corrected chi connectivity index (χ4v) is 3.01. The van der Waals surface area contributed by atoms with Gasteiger partial charge >= 0.3 is 0 Å². The molecule has 4 N–H and O–H groups in total. The van der Waals surface area contributed by atoms with Gasteiger partial charge in [0, 0.05) is 19.0 Å². The van der Waals surface area contributed by atoms with Crippen LogP contribution in [0, 0.1) is 0 Å². The summed E-state index contributed by atoms with van der Waals surface area (Å²) in [6.45, 7) is 3.44. The Morgan fingerprint density at radius 3 is 2.32 bits per heavy atom. The van der Waals surface area contributed by atoms with Crippen molar-refractivity contribution in [2.24, 2.45) is 0 Å². The summed E-state index contributed by atoms with van der Waals surface area (Å²) in [7, 11) is 0. The number of piperidine rings is 1. The second-order valence-corrected chi connectivity index (χ2v) is 5.97. The van der Waals surface area contributed by atoms with Gasteiger partial charge in [-0.15, -0.1) is 0 Å². The number of benzene rings is 1. The number of rotatable bonds is 4. The van der Waals surface area contributed by atoms with E-state index in [1.807, 2.05) is 0 Å². The maximum atomic E-state index is 5.73. The summed E-state index contributed by atoms with van der Waals surface area (Å²) in [5.74, 6) is 1.52. The molecule has 0 atom stereocenters. The van der Waals surface area contributed by atoms with E-state index in [1.165, 1.54) is 43.5 Å². The van der Waals surface area contributed by atoms with Gasteiger partial charge in [0.25, 0.3) is 0 Å². The van der Waals surface area contributed by atoms with Crippen LogP contribution in [-0.2, 0) is 13.0 Å². The highest BCUT2D eigenvalue weighted by Gasteiger charge is 2.11. The van der Waals surface area contributed by atoms with E-state index in [0.717, 1.165) is 6.54 Å². The molecule has 0 unspecified atom stereocenters. The number of hydrogen-bond donors (Lipinski definition) is 2. The van der Waals surface area contributed by atoms with E-state index >= 15 is 0 Å². The van der Waals surface area contributed by atoms with Crippen LogP contribution in [0.3, 0.4) is 0 Å². The van der Waals surface area contributed by atoms with Gasteiger partial charge in [-0.3, -0.25) is 4.90 Å². The molecule has 1 aliphatic heterocycles. The summed E-state index contributed by atoms with van der Waals surface area (Å²) in [5, 5.41) is 0. The molecular formula is C17H23N5. The summed E-state index contributed by atoms with van der Waals surface area (Å²) >= 11 is 0.